The fraction of sp³-hybridized carbons (Fsp3) is 0.850. The van der Waals surface area contributed by atoms with Crippen LogP contribution in [-0.4, -0.2) is 23.5 Å². The van der Waals surface area contributed by atoms with Crippen molar-refractivity contribution in [2.24, 2.45) is 0 Å². The van der Waals surface area contributed by atoms with Crippen LogP contribution in [0.4, 0.5) is 13.2 Å². The van der Waals surface area contributed by atoms with Gasteiger partial charge in [-0.1, -0.05) is 71.1 Å². The fourth-order valence-electron chi connectivity index (χ4n) is 3.50. The maximum atomic E-state index is 12.5. The Hall–Kier alpha value is -1.00. The summed E-state index contributed by atoms with van der Waals surface area (Å²) in [7, 11) is 0. The van der Waals surface area contributed by atoms with Crippen LogP contribution in [0.2, 0.25) is 0 Å². The molecule has 0 aliphatic carbocycles. The Morgan fingerprint density at radius 3 is 1.88 bits per heavy atom. The summed E-state index contributed by atoms with van der Waals surface area (Å²) in [4.78, 5) is 12.2. The van der Waals surface area contributed by atoms with Crippen molar-refractivity contribution in [2.75, 3.05) is 6.54 Å². The second-order valence-electron chi connectivity index (χ2n) is 7.18. The van der Waals surface area contributed by atoms with Gasteiger partial charge in [0.15, 0.2) is 0 Å². The van der Waals surface area contributed by atoms with Gasteiger partial charge in [0.25, 0.3) is 0 Å². The molecule has 0 aromatic heterocycles. The Labute approximate surface area is 150 Å². The van der Waals surface area contributed by atoms with E-state index >= 15 is 0 Å². The van der Waals surface area contributed by atoms with E-state index in [1.807, 2.05) is 0 Å². The summed E-state index contributed by atoms with van der Waals surface area (Å²) in [6, 6.07) is 0. The molecule has 25 heavy (non-hydrogen) atoms. The van der Waals surface area contributed by atoms with Gasteiger partial charge in [0.05, 0.1) is 0 Å². The highest BCUT2D eigenvalue weighted by Crippen LogP contribution is 2.31. The Kier molecular flexibility index (Phi) is 10.2. The second-order valence-corrected chi connectivity index (χ2v) is 7.18. The van der Waals surface area contributed by atoms with E-state index in [9.17, 15) is 18.0 Å². The number of carbonyl (C=O) groups excluding carboxylic acids is 1. The molecular weight excluding hydrogens is 327 g/mol. The van der Waals surface area contributed by atoms with Crippen molar-refractivity contribution in [3.63, 3.8) is 0 Å². The third-order valence-corrected chi connectivity index (χ3v) is 5.12. The lowest BCUT2D eigenvalue weighted by Gasteiger charge is -2.19. The van der Waals surface area contributed by atoms with E-state index in [4.69, 9.17) is 0 Å². The molecule has 0 aromatic rings. The summed E-state index contributed by atoms with van der Waals surface area (Å²) in [6.45, 7) is 4.05. The van der Waals surface area contributed by atoms with Crippen LogP contribution in [0, 0.1) is 0 Å². The Balaban J connectivity index is 2.10. The molecule has 0 atom stereocenters. The number of halogens is 3. The van der Waals surface area contributed by atoms with Gasteiger partial charge >= 0.3 is 12.1 Å². The van der Waals surface area contributed by atoms with Crippen LogP contribution in [0.15, 0.2) is 11.3 Å². The molecular formula is C20H34F3NO. The van der Waals surface area contributed by atoms with Crippen molar-refractivity contribution in [3.8, 4) is 0 Å². The lowest BCUT2D eigenvalue weighted by Crippen LogP contribution is -2.38. The van der Waals surface area contributed by atoms with E-state index < -0.39 is 12.1 Å². The highest BCUT2D eigenvalue weighted by Gasteiger charge is 2.44. The van der Waals surface area contributed by atoms with E-state index in [2.05, 4.69) is 6.92 Å². The first-order valence-corrected chi connectivity index (χ1v) is 9.95. The average molecular weight is 361 g/mol. The van der Waals surface area contributed by atoms with Crippen molar-refractivity contribution in [2.45, 2.75) is 103 Å². The number of rotatable bonds is 12. The largest absolute Gasteiger partial charge is 0.471 e. The highest BCUT2D eigenvalue weighted by atomic mass is 19.4. The number of alkyl halides is 3. The Morgan fingerprint density at radius 2 is 1.40 bits per heavy atom. The molecule has 0 saturated carbocycles. The molecule has 0 fully saturated rings. The van der Waals surface area contributed by atoms with Crippen LogP contribution < -0.4 is 0 Å². The fourth-order valence-corrected chi connectivity index (χ4v) is 3.50. The van der Waals surface area contributed by atoms with Gasteiger partial charge in [0, 0.05) is 12.2 Å². The van der Waals surface area contributed by atoms with E-state index in [1.54, 1.807) is 6.92 Å². The smallest absolute Gasteiger partial charge is 0.308 e. The first-order valence-electron chi connectivity index (χ1n) is 9.95. The summed E-state index contributed by atoms with van der Waals surface area (Å²) in [5.74, 6) is -1.72. The molecule has 0 bridgehead atoms. The van der Waals surface area contributed by atoms with Crippen LogP contribution >= 0.6 is 0 Å². The third kappa shape index (κ3) is 8.28. The number of hydrogen-bond acceptors (Lipinski definition) is 1. The van der Waals surface area contributed by atoms with Crippen molar-refractivity contribution in [1.82, 2.24) is 4.90 Å². The predicted molar refractivity (Wildman–Crippen MR) is 96.2 cm³/mol. The van der Waals surface area contributed by atoms with Crippen LogP contribution in [0.25, 0.3) is 0 Å². The Morgan fingerprint density at radius 1 is 0.920 bits per heavy atom. The van der Waals surface area contributed by atoms with Crippen molar-refractivity contribution < 1.29 is 18.0 Å². The van der Waals surface area contributed by atoms with Gasteiger partial charge in [-0.25, -0.2) is 0 Å². The maximum absolute atomic E-state index is 12.5. The average Bonchev–Trinajstić information content (AvgIpc) is 2.91. The number of carbonyl (C=O) groups is 1. The molecule has 0 unspecified atom stereocenters. The zero-order valence-electron chi connectivity index (χ0n) is 15.9. The monoisotopic (exact) mass is 361 g/mol. The van der Waals surface area contributed by atoms with Gasteiger partial charge in [-0.05, 0) is 31.8 Å². The summed E-state index contributed by atoms with van der Waals surface area (Å²) in [5.41, 5.74) is 1.54. The molecule has 5 heteroatoms. The number of unbranched alkanes of at least 4 members (excludes halogenated alkanes) is 10. The quantitative estimate of drug-likeness (QED) is 0.352. The molecule has 0 spiro atoms. The van der Waals surface area contributed by atoms with E-state index in [1.165, 1.54) is 57.8 Å². The zero-order valence-corrected chi connectivity index (χ0v) is 15.9. The molecule has 1 aliphatic rings. The van der Waals surface area contributed by atoms with Crippen LogP contribution in [0.5, 0.6) is 0 Å². The minimum absolute atomic E-state index is 0.178. The number of nitrogens with zero attached hydrogens (tertiary/aromatic N) is 1. The number of hydrogen-bond donors (Lipinski definition) is 0. The van der Waals surface area contributed by atoms with Gasteiger partial charge in [0.2, 0.25) is 0 Å². The third-order valence-electron chi connectivity index (χ3n) is 5.12. The molecule has 1 heterocycles. The predicted octanol–water partition coefficient (Wildman–Crippen LogP) is 6.76. The lowest BCUT2D eigenvalue weighted by molar-refractivity contribution is -0.182. The molecule has 146 valence electrons. The van der Waals surface area contributed by atoms with Crippen molar-refractivity contribution in [1.29, 1.82) is 0 Å². The van der Waals surface area contributed by atoms with Gasteiger partial charge < -0.3 is 4.90 Å². The molecule has 0 radical (unpaired) electrons. The number of allylic oxidation sites excluding steroid dienone is 1. The Bertz CT molecular complexity index is 429. The maximum Gasteiger partial charge on any atom is 0.471 e. The first-order chi connectivity index (χ1) is 11.9. The van der Waals surface area contributed by atoms with Crippen LogP contribution in [0.1, 0.15) is 97.3 Å². The normalized spacial score (nSPS) is 15.3. The summed E-state index contributed by atoms with van der Waals surface area (Å²) >= 11 is 0. The van der Waals surface area contributed by atoms with E-state index in [-0.39, 0.29) is 6.54 Å². The molecule has 1 amide bonds. The van der Waals surface area contributed by atoms with E-state index in [0.29, 0.717) is 12.1 Å². The van der Waals surface area contributed by atoms with Gasteiger partial charge in [-0.15, -0.1) is 0 Å². The summed E-state index contributed by atoms with van der Waals surface area (Å²) < 4.78 is 37.6. The second kappa shape index (κ2) is 11.6. The minimum Gasteiger partial charge on any atom is -0.308 e. The standard InChI is InChI=1S/C20H34F3NO/c1-3-4-5-6-7-8-9-10-11-12-13-14-18-15-16-24(17(18)2)19(25)20(21,22)23/h3-16H2,1-2H3. The molecule has 2 nitrogen and oxygen atoms in total. The molecule has 1 rings (SSSR count). The summed E-state index contributed by atoms with van der Waals surface area (Å²) in [5, 5.41) is 0. The molecule has 0 N–H and O–H groups in total. The van der Waals surface area contributed by atoms with E-state index in [0.717, 1.165) is 29.7 Å². The van der Waals surface area contributed by atoms with Crippen molar-refractivity contribution in [3.05, 3.63) is 11.3 Å². The number of amides is 1. The molecule has 1 aliphatic heterocycles. The summed E-state index contributed by atoms with van der Waals surface area (Å²) in [6.07, 6.45) is 10.5. The van der Waals surface area contributed by atoms with Gasteiger partial charge in [-0.3, -0.25) is 4.79 Å². The topological polar surface area (TPSA) is 20.3 Å². The lowest BCUT2D eigenvalue weighted by atomic mass is 10.0. The van der Waals surface area contributed by atoms with Gasteiger partial charge in [-0.2, -0.15) is 13.2 Å². The van der Waals surface area contributed by atoms with Gasteiger partial charge in [0.1, 0.15) is 0 Å². The molecule has 0 aromatic carbocycles. The minimum atomic E-state index is -4.77. The van der Waals surface area contributed by atoms with Crippen molar-refractivity contribution >= 4 is 5.91 Å². The SMILES string of the molecule is CCCCCCCCCCCCCC1=C(C)N(C(=O)C(F)(F)F)CC1. The zero-order chi connectivity index (χ0) is 18.7. The van der Waals surface area contributed by atoms with Crippen LogP contribution in [-0.2, 0) is 4.79 Å². The molecule has 0 saturated heterocycles. The first kappa shape index (κ1) is 22.0. The highest BCUT2D eigenvalue weighted by molar-refractivity contribution is 5.84. The van der Waals surface area contributed by atoms with Crippen LogP contribution in [0.3, 0.4) is 0 Å².